The highest BCUT2D eigenvalue weighted by Crippen LogP contribution is 2.43. The van der Waals surface area contributed by atoms with Crippen molar-refractivity contribution in [2.24, 2.45) is 0 Å². The summed E-state index contributed by atoms with van der Waals surface area (Å²) >= 11 is 0. The molecule has 0 bridgehead atoms. The summed E-state index contributed by atoms with van der Waals surface area (Å²) in [5, 5.41) is 9.41. The molecule has 10 nitrogen and oxygen atoms in total. The normalized spacial score (nSPS) is 11.6. The lowest BCUT2D eigenvalue weighted by molar-refractivity contribution is 0.669. The van der Waals surface area contributed by atoms with Crippen molar-refractivity contribution in [3.8, 4) is 130 Å². The fraction of sp³-hybridized carbons (Fsp3) is 0.0182. The van der Waals surface area contributed by atoms with Crippen LogP contribution in [-0.4, -0.2) is 43.6 Å². The number of hydrogen-bond acceptors (Lipinski definition) is 7. The Morgan fingerprint density at radius 3 is 1.18 bits per heavy atom. The van der Waals surface area contributed by atoms with Gasteiger partial charge in [-0.2, -0.15) is 0 Å². The fourth-order valence-electron chi connectivity index (χ4n) is 17.5. The molecule has 23 aromatic rings. The van der Waals surface area contributed by atoms with Gasteiger partial charge >= 0.3 is 0 Å². The molecule has 0 aliphatic carbocycles. The minimum absolute atomic E-state index is 0.686. The maximum Gasteiger partial charge on any atom is 0.160 e. The molecule has 10 heteroatoms. The van der Waals surface area contributed by atoms with E-state index in [2.05, 4.69) is 337 Å². The molecule has 0 aliphatic heterocycles. The topological polar surface area (TPSA) is 105 Å². The Hall–Kier alpha value is -16.0. The Labute approximate surface area is 692 Å². The molecule has 0 aliphatic rings. The number of benzene rings is 16. The summed E-state index contributed by atoms with van der Waals surface area (Å²) in [6, 6.07) is 139. The number of hydrogen-bond donors (Lipinski definition) is 0. The van der Waals surface area contributed by atoms with Crippen molar-refractivity contribution in [3.63, 3.8) is 0 Å². The third kappa shape index (κ3) is 12.7. The number of nitrogens with zero attached hydrogens (tertiary/aromatic N) is 9. The van der Waals surface area contributed by atoms with E-state index in [1.165, 1.54) is 60.5 Å². The molecule has 0 spiro atoms. The van der Waals surface area contributed by atoms with E-state index >= 15 is 0 Å². The molecule has 7 heterocycles. The average molecular weight is 1540 g/mol. The number of furan rings is 1. The van der Waals surface area contributed by atoms with Gasteiger partial charge in [-0.15, -0.1) is 0 Å². The molecule has 0 atom stereocenters. The van der Waals surface area contributed by atoms with E-state index in [0.717, 1.165) is 156 Å². The zero-order valence-electron chi connectivity index (χ0n) is 65.6. The van der Waals surface area contributed by atoms with E-state index in [0.29, 0.717) is 11.6 Å². The van der Waals surface area contributed by atoms with Crippen LogP contribution in [0.4, 0.5) is 0 Å². The van der Waals surface area contributed by atoms with Crippen LogP contribution in [0.2, 0.25) is 0 Å². The summed E-state index contributed by atoms with van der Waals surface area (Å²) in [7, 11) is 0. The maximum atomic E-state index is 6.31. The van der Waals surface area contributed by atoms with Crippen LogP contribution in [0.1, 0.15) is 11.1 Å². The first kappa shape index (κ1) is 70.6. The van der Waals surface area contributed by atoms with E-state index in [1.807, 2.05) is 97.3 Å². The smallest absolute Gasteiger partial charge is 0.160 e. The van der Waals surface area contributed by atoms with E-state index in [9.17, 15) is 0 Å². The summed E-state index contributed by atoms with van der Waals surface area (Å²) in [6.07, 6.45) is 3.79. The monoisotopic (exact) mass is 1540 g/mol. The van der Waals surface area contributed by atoms with E-state index in [-0.39, 0.29) is 0 Å². The van der Waals surface area contributed by atoms with E-state index < -0.39 is 0 Å². The maximum absolute atomic E-state index is 6.31. The van der Waals surface area contributed by atoms with Gasteiger partial charge in [0.15, 0.2) is 17.5 Å². The van der Waals surface area contributed by atoms with E-state index in [4.69, 9.17) is 34.3 Å². The Bertz CT molecular complexity index is 7770. The van der Waals surface area contributed by atoms with Crippen molar-refractivity contribution in [1.29, 1.82) is 0 Å². The van der Waals surface area contributed by atoms with Crippen LogP contribution in [0.5, 0.6) is 0 Å². The number of para-hydroxylation sites is 5. The van der Waals surface area contributed by atoms with Crippen molar-refractivity contribution >= 4 is 87.4 Å². The minimum Gasteiger partial charge on any atom is -0.456 e. The summed E-state index contributed by atoms with van der Waals surface area (Å²) in [5.41, 5.74) is 31.8. The average Bonchev–Trinajstić information content (AvgIpc) is 1.58. The van der Waals surface area contributed by atoms with Crippen LogP contribution in [-0.2, 0) is 0 Å². The van der Waals surface area contributed by atoms with Crippen LogP contribution in [0.3, 0.4) is 0 Å². The quantitative estimate of drug-likeness (QED) is 0.113. The zero-order valence-corrected chi connectivity index (χ0v) is 65.6. The van der Waals surface area contributed by atoms with Crippen LogP contribution in [0.15, 0.2) is 411 Å². The summed E-state index contributed by atoms with van der Waals surface area (Å²) in [6.45, 7) is 4.43. The molecule has 0 saturated heterocycles. The van der Waals surface area contributed by atoms with Gasteiger partial charge in [-0.25, -0.2) is 24.9 Å². The molecule has 0 fully saturated rings. The van der Waals surface area contributed by atoms with Crippen molar-refractivity contribution in [3.05, 3.63) is 418 Å². The Kier molecular flexibility index (Phi) is 17.4. The molecule has 23 rings (SSSR count). The third-order valence-electron chi connectivity index (χ3n) is 23.3. The highest BCUT2D eigenvalue weighted by Gasteiger charge is 2.23. The second kappa shape index (κ2) is 29.7. The SMILES string of the molecule is Cc1cc(-c2ccc3c(c2)oc2ccccc23)c(C)c(-n2c3ccccc3c3cc(-c4ccc(-c5nc(-c6ccccc6)cc(-c6ccccc6)n5)cc4)ccc32)c1.c1ccc(-c2cc(-c3ccccc3)nc(-c3cccc(-c4ccc5c(c4)c4ccccc4n5-c4cnc(-c5ccc6c(c5)c5ccccc5n6-c5ccccc5)cn4)c3)n2)cc1. The highest BCUT2D eigenvalue weighted by atomic mass is 16.3. The largest absolute Gasteiger partial charge is 0.456 e. The van der Waals surface area contributed by atoms with Gasteiger partial charge in [0.05, 0.1) is 74.0 Å². The molecular weight excluding hydrogens is 1460 g/mol. The second-order valence-corrected chi connectivity index (χ2v) is 30.7. The summed E-state index contributed by atoms with van der Waals surface area (Å²) in [5.74, 6) is 2.16. The second-order valence-electron chi connectivity index (χ2n) is 30.7. The third-order valence-corrected chi connectivity index (χ3v) is 23.3. The van der Waals surface area contributed by atoms with Gasteiger partial charge < -0.3 is 13.6 Å². The molecule has 0 radical (unpaired) electrons. The van der Waals surface area contributed by atoms with Crippen LogP contribution in [0.25, 0.3) is 217 Å². The molecule has 7 aromatic heterocycles. The lowest BCUT2D eigenvalue weighted by Crippen LogP contribution is -2.00. The standard InChI is InChI=1S/C56H36N6.C54H37N3O/c1-4-15-37(16-5-1)48-34-49(38-17-6-2-7-18-38)60-56(59-48)42-20-14-19-39(31-42)40-27-29-54-46(32-40)45-24-11-13-26-52(45)62(54)55-36-57-50(35-58-55)41-28-30-53-47(33-41)44-23-10-12-25-51(44)61(53)43-21-8-3-9-22-43;1-34-29-45(41-25-27-44-43-18-10-12-20-52(43)58-53(44)32-41)35(2)51(30-34)57-49-19-11-9-17-42(49)46-31-40(26-28-50(46)57)36-21-23-39(24-22-36)54-55-47(37-13-5-3-6-14-37)33-48(56-54)38-15-7-4-8-16-38/h1-36H;3-33H,1-2H3. The van der Waals surface area contributed by atoms with Crippen LogP contribution >= 0.6 is 0 Å². The van der Waals surface area contributed by atoms with Crippen LogP contribution < -0.4 is 0 Å². The van der Waals surface area contributed by atoms with Gasteiger partial charge in [-0.3, -0.25) is 9.55 Å². The van der Waals surface area contributed by atoms with Gasteiger partial charge in [0.1, 0.15) is 11.2 Å². The lowest BCUT2D eigenvalue weighted by Gasteiger charge is -2.17. The van der Waals surface area contributed by atoms with Crippen molar-refractivity contribution < 1.29 is 4.42 Å². The van der Waals surface area contributed by atoms with Gasteiger partial charge in [0.2, 0.25) is 0 Å². The first-order chi connectivity index (χ1) is 59.3. The first-order valence-electron chi connectivity index (χ1n) is 40.5. The number of fused-ring (bicyclic) bond motifs is 12. The first-order valence-corrected chi connectivity index (χ1v) is 40.5. The molecule has 16 aromatic carbocycles. The molecule has 0 unspecified atom stereocenters. The van der Waals surface area contributed by atoms with Crippen molar-refractivity contribution in [2.45, 2.75) is 13.8 Å². The predicted molar refractivity (Wildman–Crippen MR) is 494 cm³/mol. The van der Waals surface area contributed by atoms with Gasteiger partial charge in [0, 0.05) is 93.4 Å². The number of aromatic nitrogens is 9. The Balaban J connectivity index is 0.000000144. The zero-order chi connectivity index (χ0) is 79.7. The van der Waals surface area contributed by atoms with Gasteiger partial charge in [0.25, 0.3) is 0 Å². The van der Waals surface area contributed by atoms with Crippen molar-refractivity contribution in [2.75, 3.05) is 0 Å². The van der Waals surface area contributed by atoms with Crippen molar-refractivity contribution in [1.82, 2.24) is 43.6 Å². The van der Waals surface area contributed by atoms with Gasteiger partial charge in [-0.1, -0.05) is 285 Å². The molecular formula is C110H73N9O. The van der Waals surface area contributed by atoms with Gasteiger partial charge in [-0.05, 0) is 168 Å². The predicted octanol–water partition coefficient (Wildman–Crippen LogP) is 28.2. The fourth-order valence-corrected chi connectivity index (χ4v) is 17.5. The number of rotatable bonds is 13. The molecule has 0 N–H and O–H groups in total. The summed E-state index contributed by atoms with van der Waals surface area (Å²) < 4.78 is 13.3. The molecule has 0 saturated carbocycles. The van der Waals surface area contributed by atoms with Crippen LogP contribution in [0, 0.1) is 13.8 Å². The number of aryl methyl sites for hydroxylation is 1. The lowest BCUT2D eigenvalue weighted by atomic mass is 9.95. The molecule has 120 heavy (non-hydrogen) atoms. The highest BCUT2D eigenvalue weighted by molar-refractivity contribution is 6.14. The molecule has 564 valence electrons. The Morgan fingerprint density at radius 2 is 0.625 bits per heavy atom. The molecule has 0 amide bonds. The van der Waals surface area contributed by atoms with E-state index in [1.54, 1.807) is 0 Å². The Morgan fingerprint density at radius 1 is 0.225 bits per heavy atom. The summed E-state index contributed by atoms with van der Waals surface area (Å²) in [4.78, 5) is 30.4. The minimum atomic E-state index is 0.686.